The summed E-state index contributed by atoms with van der Waals surface area (Å²) in [5, 5.41) is 2.91. The average molecular weight is 355 g/mol. The van der Waals surface area contributed by atoms with Gasteiger partial charge in [0.2, 0.25) is 11.8 Å². The molecule has 2 amide bonds. The average Bonchev–Trinajstić information content (AvgIpc) is 2.67. The molecule has 3 rings (SSSR count). The fraction of sp³-hybridized carbons (Fsp3) is 0.350. The Morgan fingerprint density at radius 1 is 1.31 bits per heavy atom. The van der Waals surface area contributed by atoms with Gasteiger partial charge in [0.05, 0.1) is 12.0 Å². The van der Waals surface area contributed by atoms with Gasteiger partial charge in [-0.1, -0.05) is 24.3 Å². The van der Waals surface area contributed by atoms with E-state index in [1.165, 1.54) is 6.07 Å². The first kappa shape index (κ1) is 18.0. The second kappa shape index (κ2) is 8.08. The molecule has 0 unspecified atom stereocenters. The number of benzene rings is 1. The molecule has 1 N–H and O–H groups in total. The van der Waals surface area contributed by atoms with Crippen molar-refractivity contribution in [2.75, 3.05) is 6.54 Å². The van der Waals surface area contributed by atoms with Crippen LogP contribution in [0, 0.1) is 11.7 Å². The summed E-state index contributed by atoms with van der Waals surface area (Å²) in [6.45, 7) is 2.64. The molecule has 0 saturated carbocycles. The topological polar surface area (TPSA) is 62.3 Å². The molecule has 1 fully saturated rings. The van der Waals surface area contributed by atoms with Gasteiger partial charge in [-0.25, -0.2) is 4.39 Å². The Labute approximate surface area is 152 Å². The minimum absolute atomic E-state index is 0.0444. The second-order valence-corrected chi connectivity index (χ2v) is 6.37. The number of nitrogens with one attached hydrogen (secondary N) is 1. The number of hydrogen-bond donors (Lipinski definition) is 1. The number of amides is 2. The van der Waals surface area contributed by atoms with Crippen molar-refractivity contribution in [3.63, 3.8) is 0 Å². The van der Waals surface area contributed by atoms with E-state index in [2.05, 4.69) is 10.3 Å². The molecule has 1 aliphatic rings. The molecule has 2 heterocycles. The smallest absolute Gasteiger partial charge is 0.225 e. The summed E-state index contributed by atoms with van der Waals surface area (Å²) in [6, 6.07) is 9.46. The number of rotatable bonds is 5. The number of halogens is 1. The first-order valence-corrected chi connectivity index (χ1v) is 8.82. The van der Waals surface area contributed by atoms with Crippen molar-refractivity contribution in [3.05, 3.63) is 65.7 Å². The summed E-state index contributed by atoms with van der Waals surface area (Å²) in [5.41, 5.74) is 1.28. The van der Waals surface area contributed by atoms with Gasteiger partial charge in [0.25, 0.3) is 0 Å². The van der Waals surface area contributed by atoms with E-state index < -0.39 is 17.8 Å². The van der Waals surface area contributed by atoms with Crippen LogP contribution in [0.4, 0.5) is 4.39 Å². The van der Waals surface area contributed by atoms with Crippen LogP contribution in [0.1, 0.15) is 36.9 Å². The zero-order chi connectivity index (χ0) is 18.5. The van der Waals surface area contributed by atoms with Crippen molar-refractivity contribution in [2.45, 2.75) is 32.4 Å². The van der Waals surface area contributed by atoms with E-state index in [0.29, 0.717) is 31.5 Å². The standard InChI is InChI=1S/C20H22FN3O2/c1-2-24-18(25)10-9-16(19(24)15-7-3-4-8-17(15)21)20(26)23-13-14-6-5-11-22-12-14/h3-8,11-12,16,19H,2,9-10,13H2,1H3,(H,23,26)/t16-,19+/m1/s1. The Bertz CT molecular complexity index is 782. The van der Waals surface area contributed by atoms with Crippen molar-refractivity contribution >= 4 is 11.8 Å². The third kappa shape index (κ3) is 3.74. The fourth-order valence-corrected chi connectivity index (χ4v) is 3.52. The lowest BCUT2D eigenvalue weighted by Crippen LogP contribution is -2.48. The molecule has 0 spiro atoms. The maximum Gasteiger partial charge on any atom is 0.225 e. The highest BCUT2D eigenvalue weighted by atomic mass is 19.1. The minimum atomic E-state index is -0.587. The first-order valence-electron chi connectivity index (χ1n) is 8.82. The van der Waals surface area contributed by atoms with E-state index in [1.807, 2.05) is 19.1 Å². The summed E-state index contributed by atoms with van der Waals surface area (Å²) in [7, 11) is 0. The fourth-order valence-electron chi connectivity index (χ4n) is 3.52. The van der Waals surface area contributed by atoms with E-state index >= 15 is 0 Å². The number of piperidine rings is 1. The maximum atomic E-state index is 14.4. The summed E-state index contributed by atoms with van der Waals surface area (Å²) < 4.78 is 14.4. The zero-order valence-corrected chi connectivity index (χ0v) is 14.7. The van der Waals surface area contributed by atoms with Crippen LogP contribution in [0.15, 0.2) is 48.8 Å². The van der Waals surface area contributed by atoms with Crippen LogP contribution in [-0.2, 0) is 16.1 Å². The van der Waals surface area contributed by atoms with E-state index in [0.717, 1.165) is 5.56 Å². The van der Waals surface area contributed by atoms with Crippen LogP contribution >= 0.6 is 0 Å². The molecule has 136 valence electrons. The summed E-state index contributed by atoms with van der Waals surface area (Å²) in [6.07, 6.45) is 4.07. The Kier molecular flexibility index (Phi) is 5.61. The van der Waals surface area contributed by atoms with Crippen LogP contribution in [-0.4, -0.2) is 28.2 Å². The van der Waals surface area contributed by atoms with Gasteiger partial charge in [-0.15, -0.1) is 0 Å². The quantitative estimate of drug-likeness (QED) is 0.897. The third-order valence-corrected chi connectivity index (χ3v) is 4.80. The number of nitrogens with zero attached hydrogens (tertiary/aromatic N) is 2. The molecule has 5 nitrogen and oxygen atoms in total. The molecule has 1 aliphatic heterocycles. The van der Waals surface area contributed by atoms with Gasteiger partial charge in [0.1, 0.15) is 5.82 Å². The molecule has 0 aliphatic carbocycles. The van der Waals surface area contributed by atoms with Crippen molar-refractivity contribution in [3.8, 4) is 0 Å². The molecule has 1 aromatic heterocycles. The van der Waals surface area contributed by atoms with Crippen LogP contribution in [0.3, 0.4) is 0 Å². The van der Waals surface area contributed by atoms with Crippen molar-refractivity contribution in [1.29, 1.82) is 0 Å². The van der Waals surface area contributed by atoms with Gasteiger partial charge in [0, 0.05) is 37.5 Å². The van der Waals surface area contributed by atoms with Gasteiger partial charge >= 0.3 is 0 Å². The predicted molar refractivity (Wildman–Crippen MR) is 95.3 cm³/mol. The lowest BCUT2D eigenvalue weighted by molar-refractivity contribution is -0.143. The minimum Gasteiger partial charge on any atom is -0.352 e. The third-order valence-electron chi connectivity index (χ3n) is 4.80. The molecular weight excluding hydrogens is 333 g/mol. The lowest BCUT2D eigenvalue weighted by atomic mass is 9.83. The first-order chi connectivity index (χ1) is 12.6. The summed E-state index contributed by atoms with van der Waals surface area (Å²) in [4.78, 5) is 30.8. The van der Waals surface area contributed by atoms with E-state index in [-0.39, 0.29) is 11.8 Å². The van der Waals surface area contributed by atoms with Gasteiger partial charge < -0.3 is 10.2 Å². The molecule has 0 bridgehead atoms. The highest BCUT2D eigenvalue weighted by Crippen LogP contribution is 2.37. The van der Waals surface area contributed by atoms with Crippen molar-refractivity contribution < 1.29 is 14.0 Å². The molecule has 1 saturated heterocycles. The number of pyridine rings is 1. The van der Waals surface area contributed by atoms with Crippen LogP contribution < -0.4 is 5.32 Å². The zero-order valence-electron chi connectivity index (χ0n) is 14.7. The van der Waals surface area contributed by atoms with Crippen LogP contribution in [0.2, 0.25) is 0 Å². The SMILES string of the molecule is CCN1C(=O)CC[C@@H](C(=O)NCc2cccnc2)[C@@H]1c1ccccc1F. The summed E-state index contributed by atoms with van der Waals surface area (Å²) in [5.74, 6) is -1.10. The highest BCUT2D eigenvalue weighted by Gasteiger charge is 2.40. The van der Waals surface area contributed by atoms with E-state index in [4.69, 9.17) is 0 Å². The molecule has 0 radical (unpaired) electrons. The van der Waals surface area contributed by atoms with Gasteiger partial charge in [-0.3, -0.25) is 14.6 Å². The van der Waals surface area contributed by atoms with Crippen LogP contribution in [0.25, 0.3) is 0 Å². The summed E-state index contributed by atoms with van der Waals surface area (Å²) >= 11 is 0. The van der Waals surface area contributed by atoms with E-state index in [9.17, 15) is 14.0 Å². The van der Waals surface area contributed by atoms with Crippen molar-refractivity contribution in [2.24, 2.45) is 5.92 Å². The van der Waals surface area contributed by atoms with E-state index in [1.54, 1.807) is 35.5 Å². The number of aromatic nitrogens is 1. The Balaban J connectivity index is 1.84. The Hall–Kier alpha value is -2.76. The largest absolute Gasteiger partial charge is 0.352 e. The lowest BCUT2D eigenvalue weighted by Gasteiger charge is -2.40. The molecule has 2 aromatic rings. The predicted octanol–water partition coefficient (Wildman–Crippen LogP) is 2.84. The number of hydrogen-bond acceptors (Lipinski definition) is 3. The normalized spacial score (nSPS) is 20.1. The van der Waals surface area contributed by atoms with Gasteiger partial charge in [0.15, 0.2) is 0 Å². The number of carbonyl (C=O) groups excluding carboxylic acids is 2. The van der Waals surface area contributed by atoms with Gasteiger partial charge in [-0.2, -0.15) is 0 Å². The highest BCUT2D eigenvalue weighted by molar-refractivity contribution is 5.85. The van der Waals surface area contributed by atoms with Gasteiger partial charge in [-0.05, 0) is 31.0 Å². The van der Waals surface area contributed by atoms with Crippen molar-refractivity contribution in [1.82, 2.24) is 15.2 Å². The molecule has 1 aromatic carbocycles. The Morgan fingerprint density at radius 3 is 2.81 bits per heavy atom. The second-order valence-electron chi connectivity index (χ2n) is 6.37. The molecule has 6 heteroatoms. The molecule has 26 heavy (non-hydrogen) atoms. The Morgan fingerprint density at radius 2 is 2.12 bits per heavy atom. The van der Waals surface area contributed by atoms with Crippen LogP contribution in [0.5, 0.6) is 0 Å². The number of carbonyl (C=O) groups is 2. The molecular formula is C20H22FN3O2. The monoisotopic (exact) mass is 355 g/mol. The maximum absolute atomic E-state index is 14.4. The molecule has 2 atom stereocenters. The number of likely N-dealkylation sites (tertiary alicyclic amines) is 1.